The lowest BCUT2D eigenvalue weighted by Gasteiger charge is -2.40. The third kappa shape index (κ3) is 7.16. The van der Waals surface area contributed by atoms with Crippen LogP contribution in [-0.2, 0) is 23.9 Å². The van der Waals surface area contributed by atoms with Gasteiger partial charge in [0.05, 0.1) is 31.5 Å². The van der Waals surface area contributed by atoms with E-state index < -0.39 is 11.7 Å². The standard InChI is InChI=1S/C31H38F3N5O2/c1-22-5-9-27(24-19-36-38(21-24)13-12-37-14-16-41-17-15-37)28(18-22)30(40)39-11-3-4-23(2)29(39)10-8-26-7-6-25(20-35-26)31(32,33)34/h5-7,9,18-21,23,29H,3-4,8,10-17H2,1-2H3/t23-,29-/m1/s1. The average Bonchev–Trinajstić information content (AvgIpc) is 3.44. The van der Waals surface area contributed by atoms with E-state index in [1.807, 2.05) is 47.1 Å². The molecule has 10 heteroatoms. The highest BCUT2D eigenvalue weighted by Crippen LogP contribution is 2.32. The molecular formula is C31H38F3N5O2. The van der Waals surface area contributed by atoms with Crippen LogP contribution >= 0.6 is 0 Å². The summed E-state index contributed by atoms with van der Waals surface area (Å²) < 4.78 is 46.2. The Balaban J connectivity index is 1.31. The van der Waals surface area contributed by atoms with Crippen LogP contribution < -0.4 is 0 Å². The van der Waals surface area contributed by atoms with E-state index in [9.17, 15) is 18.0 Å². The summed E-state index contributed by atoms with van der Waals surface area (Å²) in [6.45, 7) is 9.82. The lowest BCUT2D eigenvalue weighted by molar-refractivity contribution is -0.137. The minimum Gasteiger partial charge on any atom is -0.379 e. The van der Waals surface area contributed by atoms with Gasteiger partial charge in [0.25, 0.3) is 5.91 Å². The summed E-state index contributed by atoms with van der Waals surface area (Å²) in [4.78, 5) is 22.5. The molecule has 1 aromatic carbocycles. The molecule has 7 nitrogen and oxygen atoms in total. The van der Waals surface area contributed by atoms with E-state index in [0.717, 1.165) is 81.2 Å². The minimum atomic E-state index is -4.41. The molecule has 2 atom stereocenters. The second-order valence-electron chi connectivity index (χ2n) is 11.3. The lowest BCUT2D eigenvalue weighted by atomic mass is 9.86. The Hall–Kier alpha value is -3.24. The number of nitrogens with zero attached hydrogens (tertiary/aromatic N) is 5. The summed E-state index contributed by atoms with van der Waals surface area (Å²) in [5.74, 6) is 0.264. The van der Waals surface area contributed by atoms with E-state index in [1.54, 1.807) is 0 Å². The summed E-state index contributed by atoms with van der Waals surface area (Å²) in [5, 5.41) is 4.58. The number of aromatic nitrogens is 3. The number of amides is 1. The summed E-state index contributed by atoms with van der Waals surface area (Å²) in [5.41, 5.74) is 3.28. The number of rotatable bonds is 8. The van der Waals surface area contributed by atoms with Crippen LogP contribution in [0.1, 0.15) is 53.4 Å². The van der Waals surface area contributed by atoms with Crippen molar-refractivity contribution < 1.29 is 22.7 Å². The van der Waals surface area contributed by atoms with Crippen molar-refractivity contribution in [2.24, 2.45) is 5.92 Å². The van der Waals surface area contributed by atoms with Crippen molar-refractivity contribution in [1.82, 2.24) is 24.6 Å². The maximum Gasteiger partial charge on any atom is 0.417 e. The van der Waals surface area contributed by atoms with Crippen molar-refractivity contribution in [2.45, 2.75) is 58.3 Å². The molecule has 1 amide bonds. The van der Waals surface area contributed by atoms with Crippen molar-refractivity contribution in [2.75, 3.05) is 39.4 Å². The summed E-state index contributed by atoms with van der Waals surface area (Å²) >= 11 is 0. The minimum absolute atomic E-state index is 0.0123. The molecule has 41 heavy (non-hydrogen) atoms. The molecule has 2 aliphatic heterocycles. The molecule has 2 fully saturated rings. The van der Waals surface area contributed by atoms with Gasteiger partial charge in [-0.15, -0.1) is 0 Å². The number of benzene rings is 1. The summed E-state index contributed by atoms with van der Waals surface area (Å²) in [7, 11) is 0. The zero-order valence-electron chi connectivity index (χ0n) is 23.7. The Labute approximate surface area is 239 Å². The van der Waals surface area contributed by atoms with Crippen molar-refractivity contribution in [3.8, 4) is 11.1 Å². The van der Waals surface area contributed by atoms with Gasteiger partial charge in [0.2, 0.25) is 0 Å². The molecule has 0 radical (unpaired) electrons. The molecule has 3 aromatic rings. The van der Waals surface area contributed by atoms with Crippen LogP contribution in [0.4, 0.5) is 13.2 Å². The predicted molar refractivity (Wildman–Crippen MR) is 150 cm³/mol. The molecule has 4 heterocycles. The van der Waals surface area contributed by atoms with Crippen LogP contribution in [-0.4, -0.2) is 75.9 Å². The number of ether oxygens (including phenoxy) is 1. The van der Waals surface area contributed by atoms with E-state index in [0.29, 0.717) is 30.6 Å². The fourth-order valence-corrected chi connectivity index (χ4v) is 5.91. The lowest BCUT2D eigenvalue weighted by Crippen LogP contribution is -2.48. The number of carbonyl (C=O) groups excluding carboxylic acids is 1. The molecule has 2 saturated heterocycles. The molecule has 220 valence electrons. The Morgan fingerprint density at radius 1 is 1.07 bits per heavy atom. The largest absolute Gasteiger partial charge is 0.417 e. The molecule has 0 aliphatic carbocycles. The number of morpholine rings is 1. The number of hydrogen-bond acceptors (Lipinski definition) is 5. The van der Waals surface area contributed by atoms with Crippen LogP contribution in [0.3, 0.4) is 0 Å². The van der Waals surface area contributed by atoms with Gasteiger partial charge < -0.3 is 9.64 Å². The van der Waals surface area contributed by atoms with Crippen LogP contribution in [0.15, 0.2) is 48.9 Å². The maximum atomic E-state index is 14.1. The van der Waals surface area contributed by atoms with Gasteiger partial charge in [0, 0.05) is 61.4 Å². The van der Waals surface area contributed by atoms with Gasteiger partial charge in [0.15, 0.2) is 0 Å². The average molecular weight is 570 g/mol. The van der Waals surface area contributed by atoms with Crippen LogP contribution in [0.2, 0.25) is 0 Å². The number of likely N-dealkylation sites (tertiary alicyclic amines) is 1. The summed E-state index contributed by atoms with van der Waals surface area (Å²) in [6, 6.07) is 8.47. The molecule has 0 saturated carbocycles. The molecule has 0 N–H and O–H groups in total. The first kappa shape index (κ1) is 29.3. The number of alkyl halides is 3. The van der Waals surface area contributed by atoms with Gasteiger partial charge in [-0.3, -0.25) is 19.4 Å². The summed E-state index contributed by atoms with van der Waals surface area (Å²) in [6.07, 6.45) is 3.40. The molecule has 0 bridgehead atoms. The zero-order valence-corrected chi connectivity index (χ0v) is 23.7. The Morgan fingerprint density at radius 2 is 1.88 bits per heavy atom. The first-order valence-corrected chi connectivity index (χ1v) is 14.5. The first-order valence-electron chi connectivity index (χ1n) is 14.5. The highest BCUT2D eigenvalue weighted by Gasteiger charge is 2.34. The number of aryl methyl sites for hydroxylation is 2. The van der Waals surface area contributed by atoms with Crippen LogP contribution in [0.25, 0.3) is 11.1 Å². The SMILES string of the molecule is Cc1ccc(-c2cnn(CCN3CCOCC3)c2)c(C(=O)N2CCC[C@@H](C)[C@H]2CCc2ccc(C(F)(F)F)cn2)c1. The molecule has 0 unspecified atom stereocenters. The topological polar surface area (TPSA) is 63.5 Å². The van der Waals surface area contributed by atoms with Gasteiger partial charge in [-0.05, 0) is 62.3 Å². The maximum absolute atomic E-state index is 14.1. The molecule has 2 aliphatic rings. The number of carbonyl (C=O) groups is 1. The number of piperidine rings is 1. The monoisotopic (exact) mass is 569 g/mol. The quantitative estimate of drug-likeness (QED) is 0.360. The van der Waals surface area contributed by atoms with E-state index >= 15 is 0 Å². The van der Waals surface area contributed by atoms with E-state index in [1.165, 1.54) is 6.07 Å². The number of pyridine rings is 1. The normalized spacial score (nSPS) is 20.4. The third-order valence-corrected chi connectivity index (χ3v) is 8.32. The van der Waals surface area contributed by atoms with Crippen molar-refractivity contribution in [3.63, 3.8) is 0 Å². The highest BCUT2D eigenvalue weighted by atomic mass is 19.4. The highest BCUT2D eigenvalue weighted by molar-refractivity contribution is 6.01. The van der Waals surface area contributed by atoms with Crippen molar-refractivity contribution in [1.29, 1.82) is 0 Å². The number of hydrogen-bond donors (Lipinski definition) is 0. The van der Waals surface area contributed by atoms with Gasteiger partial charge in [-0.25, -0.2) is 0 Å². The Kier molecular flexibility index (Phi) is 9.09. The predicted octanol–water partition coefficient (Wildman–Crippen LogP) is 5.48. The molecule has 2 aromatic heterocycles. The molecule has 0 spiro atoms. The zero-order chi connectivity index (χ0) is 29.0. The van der Waals surface area contributed by atoms with Gasteiger partial charge >= 0.3 is 6.18 Å². The second kappa shape index (κ2) is 12.7. The van der Waals surface area contributed by atoms with E-state index in [4.69, 9.17) is 4.74 Å². The van der Waals surface area contributed by atoms with Crippen LogP contribution in [0.5, 0.6) is 0 Å². The molecular weight excluding hydrogens is 531 g/mol. The fraction of sp³-hybridized carbons (Fsp3) is 0.516. The van der Waals surface area contributed by atoms with Crippen LogP contribution in [0, 0.1) is 12.8 Å². The number of halogens is 3. The van der Waals surface area contributed by atoms with Gasteiger partial charge in [0.1, 0.15) is 0 Å². The molecule has 5 rings (SSSR count). The van der Waals surface area contributed by atoms with E-state index in [2.05, 4.69) is 21.9 Å². The Morgan fingerprint density at radius 3 is 2.61 bits per heavy atom. The van der Waals surface area contributed by atoms with Crippen molar-refractivity contribution >= 4 is 5.91 Å². The smallest absolute Gasteiger partial charge is 0.379 e. The van der Waals surface area contributed by atoms with E-state index in [-0.39, 0.29) is 17.9 Å². The Bertz CT molecular complexity index is 1320. The third-order valence-electron chi connectivity index (χ3n) is 8.32. The first-order chi connectivity index (χ1) is 19.7. The fourth-order valence-electron chi connectivity index (χ4n) is 5.91. The second-order valence-corrected chi connectivity index (χ2v) is 11.3. The van der Waals surface area contributed by atoms with Gasteiger partial charge in [-0.2, -0.15) is 18.3 Å². The van der Waals surface area contributed by atoms with Crippen molar-refractivity contribution in [3.05, 3.63) is 71.3 Å². The van der Waals surface area contributed by atoms with Gasteiger partial charge in [-0.1, -0.05) is 24.6 Å².